The number of hydrogen-bond acceptors (Lipinski definition) is 4. The maximum atomic E-state index is 13.1. The molecule has 10 heteroatoms. The van der Waals surface area contributed by atoms with Crippen LogP contribution in [0.1, 0.15) is 17.9 Å². The minimum Gasteiger partial charge on any atom is -0.428 e. The van der Waals surface area contributed by atoms with Crippen LogP contribution >= 0.6 is 11.6 Å². The number of fused-ring (bicyclic) bond motifs is 1. The quantitative estimate of drug-likeness (QED) is 0.738. The first-order valence-electron chi connectivity index (χ1n) is 6.32. The molecule has 0 radical (unpaired) electrons. The molecular weight excluding hydrogens is 352 g/mol. The van der Waals surface area contributed by atoms with Crippen LogP contribution in [-0.2, 0) is 10.0 Å². The van der Waals surface area contributed by atoms with Gasteiger partial charge in [-0.2, -0.15) is 8.42 Å². The highest BCUT2D eigenvalue weighted by atomic mass is 35.5. The van der Waals surface area contributed by atoms with E-state index in [2.05, 4.69) is 14.7 Å². The first-order chi connectivity index (χ1) is 10.8. The second kappa shape index (κ2) is 5.50. The molecule has 0 aliphatic carbocycles. The Labute approximate surface area is 134 Å². The Hall–Kier alpha value is -2.13. The zero-order valence-electron chi connectivity index (χ0n) is 11.6. The highest BCUT2D eigenvalue weighted by molar-refractivity contribution is 7.92. The van der Waals surface area contributed by atoms with Gasteiger partial charge >= 0.3 is 0 Å². The lowest BCUT2D eigenvalue weighted by Gasteiger charge is -2.09. The van der Waals surface area contributed by atoms with Crippen molar-refractivity contribution >= 4 is 38.2 Å². The van der Waals surface area contributed by atoms with E-state index in [0.717, 1.165) is 12.3 Å². The van der Waals surface area contributed by atoms with E-state index < -0.39 is 16.4 Å². The number of halogens is 3. The molecule has 3 aromatic rings. The van der Waals surface area contributed by atoms with Crippen LogP contribution in [0.15, 0.2) is 34.0 Å². The first kappa shape index (κ1) is 15.8. The van der Waals surface area contributed by atoms with Gasteiger partial charge in [0.25, 0.3) is 21.5 Å². The maximum Gasteiger partial charge on any atom is 0.297 e. The van der Waals surface area contributed by atoms with E-state index in [1.54, 1.807) is 0 Å². The van der Waals surface area contributed by atoms with Crippen molar-refractivity contribution in [3.8, 4) is 0 Å². The fourth-order valence-electron chi connectivity index (χ4n) is 2.16. The number of alkyl halides is 2. The Morgan fingerprint density at radius 2 is 2.13 bits per heavy atom. The van der Waals surface area contributed by atoms with Crippen molar-refractivity contribution in [2.75, 3.05) is 4.72 Å². The Balaban J connectivity index is 2.10. The molecule has 0 amide bonds. The van der Waals surface area contributed by atoms with Crippen molar-refractivity contribution in [2.45, 2.75) is 18.4 Å². The van der Waals surface area contributed by atoms with Gasteiger partial charge in [0.2, 0.25) is 0 Å². The van der Waals surface area contributed by atoms with Crippen LogP contribution < -0.4 is 4.72 Å². The van der Waals surface area contributed by atoms with E-state index in [0.29, 0.717) is 0 Å². The average molecular weight is 362 g/mol. The third-order valence-corrected chi connectivity index (χ3v) is 4.67. The molecule has 1 aromatic carbocycles. The SMILES string of the molecule is Cc1ncc(S(=O)(=O)Nc2ccc(C(F)F)c3c(Cl)c[nH]c23)o1. The molecule has 0 atom stereocenters. The number of H-pyrrole nitrogens is 1. The van der Waals surface area contributed by atoms with Crippen molar-refractivity contribution in [1.29, 1.82) is 0 Å². The highest BCUT2D eigenvalue weighted by Gasteiger charge is 2.23. The second-order valence-electron chi connectivity index (χ2n) is 4.69. The largest absolute Gasteiger partial charge is 0.428 e. The number of aryl methyl sites for hydroxylation is 1. The van der Waals surface area contributed by atoms with Gasteiger partial charge < -0.3 is 9.40 Å². The fourth-order valence-corrected chi connectivity index (χ4v) is 3.40. The third kappa shape index (κ3) is 2.77. The predicted molar refractivity (Wildman–Crippen MR) is 80.3 cm³/mol. The topological polar surface area (TPSA) is 88.0 Å². The van der Waals surface area contributed by atoms with E-state index in [1.807, 2.05) is 0 Å². The number of nitrogens with zero attached hydrogens (tertiary/aromatic N) is 1. The van der Waals surface area contributed by atoms with Crippen molar-refractivity contribution < 1.29 is 21.6 Å². The van der Waals surface area contributed by atoms with Crippen LogP contribution in [0.2, 0.25) is 5.02 Å². The molecule has 0 aliphatic heterocycles. The molecule has 122 valence electrons. The molecule has 2 N–H and O–H groups in total. The summed E-state index contributed by atoms with van der Waals surface area (Å²) in [6.45, 7) is 1.50. The summed E-state index contributed by atoms with van der Waals surface area (Å²) in [6, 6.07) is 2.35. The molecule has 2 aromatic heterocycles. The van der Waals surface area contributed by atoms with Crippen molar-refractivity contribution in [2.24, 2.45) is 0 Å². The van der Waals surface area contributed by atoms with Gasteiger partial charge in [-0.25, -0.2) is 13.8 Å². The number of aromatic amines is 1. The molecule has 0 bridgehead atoms. The van der Waals surface area contributed by atoms with Gasteiger partial charge in [-0.3, -0.25) is 4.72 Å². The zero-order chi connectivity index (χ0) is 16.8. The molecule has 6 nitrogen and oxygen atoms in total. The summed E-state index contributed by atoms with van der Waals surface area (Å²) in [5, 5.41) is -0.235. The average Bonchev–Trinajstić information content (AvgIpc) is 3.06. The standard InChI is InChI=1S/C13H10ClF2N3O3S/c1-6-17-5-10(22-6)23(20,21)19-9-3-2-7(13(15)16)11-8(14)4-18-12(9)11/h2-5,13,18-19H,1H3. The summed E-state index contributed by atoms with van der Waals surface area (Å²) in [5.74, 6) is 0.187. The van der Waals surface area contributed by atoms with Crippen LogP contribution in [0, 0.1) is 6.92 Å². The summed E-state index contributed by atoms with van der Waals surface area (Å²) in [7, 11) is -4.04. The molecule has 0 fully saturated rings. The van der Waals surface area contributed by atoms with E-state index in [9.17, 15) is 17.2 Å². The van der Waals surface area contributed by atoms with Gasteiger partial charge in [0.15, 0.2) is 5.89 Å². The monoisotopic (exact) mass is 361 g/mol. The van der Waals surface area contributed by atoms with Crippen molar-refractivity contribution in [1.82, 2.24) is 9.97 Å². The third-order valence-electron chi connectivity index (χ3n) is 3.16. The number of sulfonamides is 1. The number of anilines is 1. The second-order valence-corrected chi connectivity index (χ2v) is 6.71. The van der Waals surface area contributed by atoms with Gasteiger partial charge in [0.1, 0.15) is 0 Å². The Morgan fingerprint density at radius 1 is 1.39 bits per heavy atom. The summed E-state index contributed by atoms with van der Waals surface area (Å²) < 4.78 is 57.9. The minimum atomic E-state index is -4.04. The molecule has 3 rings (SSSR count). The summed E-state index contributed by atoms with van der Waals surface area (Å²) >= 11 is 5.92. The number of hydrogen-bond donors (Lipinski definition) is 2. The maximum absolute atomic E-state index is 13.1. The lowest BCUT2D eigenvalue weighted by atomic mass is 10.1. The fraction of sp³-hybridized carbons (Fsp3) is 0.154. The Morgan fingerprint density at radius 3 is 2.74 bits per heavy atom. The van der Waals surface area contributed by atoms with Crippen molar-refractivity contribution in [3.63, 3.8) is 0 Å². The minimum absolute atomic E-state index is 0.0654. The molecule has 0 unspecified atom stereocenters. The van der Waals surface area contributed by atoms with Crippen LogP contribution in [0.5, 0.6) is 0 Å². The van der Waals surface area contributed by atoms with Gasteiger partial charge in [-0.1, -0.05) is 17.7 Å². The number of oxazole rings is 1. The number of rotatable bonds is 4. The number of nitrogens with one attached hydrogen (secondary N) is 2. The van der Waals surface area contributed by atoms with Gasteiger partial charge in [0.05, 0.1) is 22.4 Å². The van der Waals surface area contributed by atoms with E-state index >= 15 is 0 Å². The molecule has 0 saturated heterocycles. The van der Waals surface area contributed by atoms with Crippen LogP contribution in [-0.4, -0.2) is 18.4 Å². The normalized spacial score (nSPS) is 12.2. The van der Waals surface area contributed by atoms with Crippen LogP contribution in [0.3, 0.4) is 0 Å². The number of benzene rings is 1. The van der Waals surface area contributed by atoms with Crippen LogP contribution in [0.4, 0.5) is 14.5 Å². The Bertz CT molecular complexity index is 982. The van der Waals surface area contributed by atoms with Gasteiger partial charge in [-0.15, -0.1) is 0 Å². The highest BCUT2D eigenvalue weighted by Crippen LogP contribution is 2.37. The summed E-state index contributed by atoms with van der Waals surface area (Å²) in [5.41, 5.74) is -0.0531. The first-order valence-corrected chi connectivity index (χ1v) is 8.18. The van der Waals surface area contributed by atoms with E-state index in [-0.39, 0.29) is 38.2 Å². The molecule has 0 spiro atoms. The van der Waals surface area contributed by atoms with Crippen LogP contribution in [0.25, 0.3) is 10.9 Å². The summed E-state index contributed by atoms with van der Waals surface area (Å²) in [4.78, 5) is 6.41. The van der Waals surface area contributed by atoms with Gasteiger partial charge in [-0.05, 0) is 6.07 Å². The predicted octanol–water partition coefficient (Wildman–Crippen LogP) is 3.86. The number of aromatic nitrogens is 2. The van der Waals surface area contributed by atoms with E-state index in [4.69, 9.17) is 16.0 Å². The van der Waals surface area contributed by atoms with Crippen molar-refractivity contribution in [3.05, 3.63) is 41.0 Å². The Kier molecular flexibility index (Phi) is 3.77. The molecule has 0 aliphatic rings. The van der Waals surface area contributed by atoms with E-state index in [1.165, 1.54) is 19.2 Å². The van der Waals surface area contributed by atoms with Gasteiger partial charge in [0, 0.05) is 24.1 Å². The summed E-state index contributed by atoms with van der Waals surface area (Å²) in [6.07, 6.45) is -0.369. The smallest absolute Gasteiger partial charge is 0.297 e. The zero-order valence-corrected chi connectivity index (χ0v) is 13.2. The molecular formula is C13H10ClF2N3O3S. The molecule has 0 saturated carbocycles. The molecule has 23 heavy (non-hydrogen) atoms. The molecule has 2 heterocycles. The lowest BCUT2D eigenvalue weighted by Crippen LogP contribution is -2.12. The lowest BCUT2D eigenvalue weighted by molar-refractivity contribution is 0.153.